The highest BCUT2D eigenvalue weighted by Crippen LogP contribution is 2.31. The maximum atomic E-state index is 13.6. The van der Waals surface area contributed by atoms with E-state index in [0.717, 1.165) is 38.8 Å². The summed E-state index contributed by atoms with van der Waals surface area (Å²) in [5, 5.41) is 3.07. The van der Waals surface area contributed by atoms with Crippen LogP contribution >= 0.6 is 11.8 Å². The topological polar surface area (TPSA) is 61.9 Å². The average molecular weight is 554 g/mol. The van der Waals surface area contributed by atoms with Crippen LogP contribution in [0, 0.1) is 0 Å². The molecule has 4 aromatic carbocycles. The maximum Gasteiger partial charge on any atom is 0.326 e. The lowest BCUT2D eigenvalue weighted by Crippen LogP contribution is -2.36. The first-order valence-corrected chi connectivity index (χ1v) is 14.1. The second-order valence-corrected chi connectivity index (χ2v) is 10.6. The van der Waals surface area contributed by atoms with Crippen LogP contribution < -0.4 is 15.1 Å². The Morgan fingerprint density at radius 2 is 1.50 bits per heavy atom. The third-order valence-electron chi connectivity index (χ3n) is 6.29. The fourth-order valence-electron chi connectivity index (χ4n) is 4.17. The zero-order valence-corrected chi connectivity index (χ0v) is 24.0. The van der Waals surface area contributed by atoms with Crippen molar-refractivity contribution in [1.82, 2.24) is 0 Å². The van der Waals surface area contributed by atoms with Gasteiger partial charge in [-0.15, -0.1) is 0 Å². The number of carbonyl (C=O) groups is 2. The number of amides is 2. The van der Waals surface area contributed by atoms with Crippen molar-refractivity contribution in [2.24, 2.45) is 0 Å². The van der Waals surface area contributed by atoms with Gasteiger partial charge in [-0.1, -0.05) is 60.3 Å². The zero-order chi connectivity index (χ0) is 28.3. The first-order chi connectivity index (χ1) is 19.4. The Balaban J connectivity index is 1.50. The van der Waals surface area contributed by atoms with E-state index in [4.69, 9.17) is 4.74 Å². The first kappa shape index (κ1) is 28.8. The second-order valence-electron chi connectivity index (χ2n) is 9.48. The second kappa shape index (κ2) is 14.2. The lowest BCUT2D eigenvalue weighted by molar-refractivity contribution is -0.142. The molecule has 6 nitrogen and oxygen atoms in total. The molecule has 0 heterocycles. The molecule has 0 bridgehead atoms. The van der Waals surface area contributed by atoms with Crippen LogP contribution in [0.1, 0.15) is 18.1 Å². The predicted octanol–water partition coefficient (Wildman–Crippen LogP) is 7.29. The lowest BCUT2D eigenvalue weighted by Gasteiger charge is -2.24. The zero-order valence-electron chi connectivity index (χ0n) is 23.2. The largest absolute Gasteiger partial charge is 0.466 e. The number of rotatable bonds is 11. The van der Waals surface area contributed by atoms with Crippen LogP contribution in [0.15, 0.2) is 113 Å². The maximum absolute atomic E-state index is 13.6. The molecule has 40 heavy (non-hydrogen) atoms. The van der Waals surface area contributed by atoms with E-state index in [0.29, 0.717) is 13.2 Å². The molecule has 0 aliphatic carbocycles. The first-order valence-electron chi connectivity index (χ1n) is 13.3. The number of ether oxygens (including phenoxy) is 1. The summed E-state index contributed by atoms with van der Waals surface area (Å²) in [5.41, 5.74) is 4.72. The minimum Gasteiger partial charge on any atom is -0.466 e. The summed E-state index contributed by atoms with van der Waals surface area (Å²) in [6, 6.07) is 33.7. The number of benzene rings is 4. The molecule has 0 spiro atoms. The number of nitrogens with zero attached hydrogens (tertiary/aromatic N) is 2. The van der Waals surface area contributed by atoms with Crippen molar-refractivity contribution in [3.63, 3.8) is 0 Å². The number of hydrogen-bond donors (Lipinski definition) is 1. The van der Waals surface area contributed by atoms with Crippen LogP contribution in [-0.4, -0.2) is 39.2 Å². The van der Waals surface area contributed by atoms with E-state index in [1.54, 1.807) is 23.6 Å². The summed E-state index contributed by atoms with van der Waals surface area (Å²) >= 11 is 1.61. The fraction of sp³-hybridized carbons (Fsp3) is 0.212. The summed E-state index contributed by atoms with van der Waals surface area (Å²) in [7, 11) is 3.98. The van der Waals surface area contributed by atoms with E-state index >= 15 is 0 Å². The van der Waals surface area contributed by atoms with Crippen LogP contribution in [0.4, 0.5) is 21.9 Å². The molecule has 4 aromatic rings. The predicted molar refractivity (Wildman–Crippen MR) is 165 cm³/mol. The molecule has 0 aromatic heterocycles. The number of nitrogens with one attached hydrogen (secondary N) is 1. The molecule has 0 aliphatic heterocycles. The Kier molecular flexibility index (Phi) is 10.2. The van der Waals surface area contributed by atoms with Crippen molar-refractivity contribution in [1.29, 1.82) is 0 Å². The van der Waals surface area contributed by atoms with E-state index in [-0.39, 0.29) is 18.4 Å². The Labute approximate surface area is 241 Å². The smallest absolute Gasteiger partial charge is 0.326 e. The van der Waals surface area contributed by atoms with Crippen LogP contribution in [0.3, 0.4) is 0 Å². The Hall–Kier alpha value is -4.23. The van der Waals surface area contributed by atoms with Crippen molar-refractivity contribution in [2.75, 3.05) is 42.4 Å². The number of anilines is 3. The molecule has 0 saturated carbocycles. The van der Waals surface area contributed by atoms with E-state index in [1.807, 2.05) is 110 Å². The van der Waals surface area contributed by atoms with E-state index in [1.165, 1.54) is 5.56 Å². The van der Waals surface area contributed by atoms with Gasteiger partial charge in [-0.2, -0.15) is 0 Å². The molecular weight excluding hydrogens is 518 g/mol. The molecule has 206 valence electrons. The Bertz CT molecular complexity index is 1390. The van der Waals surface area contributed by atoms with Crippen molar-refractivity contribution >= 4 is 40.8 Å². The number of hydrogen-bond acceptors (Lipinski definition) is 5. The summed E-state index contributed by atoms with van der Waals surface area (Å²) in [6.07, 6.45) is 0.991. The molecule has 0 radical (unpaired) electrons. The summed E-state index contributed by atoms with van der Waals surface area (Å²) in [4.78, 5) is 31.2. The molecule has 1 N–H and O–H groups in total. The lowest BCUT2D eigenvalue weighted by atomic mass is 10.1. The standard InChI is InChI=1S/C33H35N3O3S/c1-4-39-32(37)23-26-13-19-30(20-14-26)40-31-12-8-11-29(24-31)36(22-21-25-9-6-5-7-10-25)33(38)34-27-15-17-28(18-16-27)35(2)3/h5-20,24H,4,21-23H2,1-3H3,(H,34,38). The van der Waals surface area contributed by atoms with Crippen molar-refractivity contribution in [3.8, 4) is 0 Å². The van der Waals surface area contributed by atoms with Gasteiger partial charge in [0.2, 0.25) is 0 Å². The van der Waals surface area contributed by atoms with Crippen LogP contribution in [0.5, 0.6) is 0 Å². The van der Waals surface area contributed by atoms with Gasteiger partial charge in [-0.3, -0.25) is 9.69 Å². The highest BCUT2D eigenvalue weighted by molar-refractivity contribution is 7.99. The van der Waals surface area contributed by atoms with Gasteiger partial charge in [0.1, 0.15) is 0 Å². The minimum absolute atomic E-state index is 0.181. The van der Waals surface area contributed by atoms with Gasteiger partial charge in [-0.25, -0.2) is 4.79 Å². The van der Waals surface area contributed by atoms with Gasteiger partial charge in [0.25, 0.3) is 0 Å². The van der Waals surface area contributed by atoms with Gasteiger partial charge in [0, 0.05) is 47.5 Å². The molecule has 0 atom stereocenters. The van der Waals surface area contributed by atoms with Crippen LogP contribution in [-0.2, 0) is 22.4 Å². The minimum atomic E-state index is -0.224. The molecule has 2 amide bonds. The van der Waals surface area contributed by atoms with E-state index < -0.39 is 0 Å². The van der Waals surface area contributed by atoms with E-state index in [9.17, 15) is 9.59 Å². The van der Waals surface area contributed by atoms with Gasteiger partial charge in [0.15, 0.2) is 0 Å². The van der Waals surface area contributed by atoms with Crippen LogP contribution in [0.2, 0.25) is 0 Å². The third kappa shape index (κ3) is 8.38. The number of carbonyl (C=O) groups excluding carboxylic acids is 2. The molecule has 4 rings (SSSR count). The molecule has 0 aliphatic rings. The van der Waals surface area contributed by atoms with E-state index in [2.05, 4.69) is 17.4 Å². The molecule has 7 heteroatoms. The quantitative estimate of drug-likeness (QED) is 0.198. The van der Waals surface area contributed by atoms with Gasteiger partial charge in [0.05, 0.1) is 13.0 Å². The number of esters is 1. The molecule has 0 fully saturated rings. The highest BCUT2D eigenvalue weighted by atomic mass is 32.2. The summed E-state index contributed by atoms with van der Waals surface area (Å²) < 4.78 is 5.04. The van der Waals surface area contributed by atoms with Crippen molar-refractivity contribution < 1.29 is 14.3 Å². The molecular formula is C33H35N3O3S. The number of urea groups is 1. The Morgan fingerprint density at radius 1 is 0.775 bits per heavy atom. The Morgan fingerprint density at radius 3 is 2.17 bits per heavy atom. The van der Waals surface area contributed by atoms with Gasteiger partial charge >= 0.3 is 12.0 Å². The molecule has 0 unspecified atom stereocenters. The summed E-state index contributed by atoms with van der Waals surface area (Å²) in [6.45, 7) is 2.72. The SMILES string of the molecule is CCOC(=O)Cc1ccc(Sc2cccc(N(CCc3ccccc3)C(=O)Nc3ccc(N(C)C)cc3)c2)cc1. The van der Waals surface area contributed by atoms with Crippen LogP contribution in [0.25, 0.3) is 0 Å². The average Bonchev–Trinajstić information content (AvgIpc) is 2.95. The highest BCUT2D eigenvalue weighted by Gasteiger charge is 2.17. The fourth-order valence-corrected chi connectivity index (χ4v) is 5.04. The van der Waals surface area contributed by atoms with Crippen molar-refractivity contribution in [2.45, 2.75) is 29.6 Å². The monoisotopic (exact) mass is 553 g/mol. The molecule has 0 saturated heterocycles. The summed E-state index contributed by atoms with van der Waals surface area (Å²) in [5.74, 6) is -0.224. The normalized spacial score (nSPS) is 10.6. The van der Waals surface area contributed by atoms with Crippen molar-refractivity contribution in [3.05, 3.63) is 114 Å². The third-order valence-corrected chi connectivity index (χ3v) is 7.29. The van der Waals surface area contributed by atoms with Gasteiger partial charge < -0.3 is 15.0 Å². The van der Waals surface area contributed by atoms with Gasteiger partial charge in [-0.05, 0) is 79.1 Å².